The van der Waals surface area contributed by atoms with Crippen LogP contribution in [0.3, 0.4) is 0 Å². The lowest BCUT2D eigenvalue weighted by Crippen LogP contribution is -2.53. The van der Waals surface area contributed by atoms with Crippen molar-refractivity contribution in [3.63, 3.8) is 0 Å². The summed E-state index contributed by atoms with van der Waals surface area (Å²) in [5, 5.41) is 12.4. The summed E-state index contributed by atoms with van der Waals surface area (Å²) in [5.41, 5.74) is 1.10. The third-order valence-electron chi connectivity index (χ3n) is 5.86. The van der Waals surface area contributed by atoms with E-state index < -0.39 is 21.7 Å². The van der Waals surface area contributed by atoms with Gasteiger partial charge in [0.2, 0.25) is 15.9 Å². The molecule has 3 rings (SSSR count). The molecule has 2 amide bonds. The van der Waals surface area contributed by atoms with E-state index in [-0.39, 0.29) is 23.9 Å². The van der Waals surface area contributed by atoms with E-state index in [9.17, 15) is 23.1 Å². The van der Waals surface area contributed by atoms with Crippen LogP contribution in [0, 0.1) is 0 Å². The van der Waals surface area contributed by atoms with Crippen LogP contribution in [0.1, 0.15) is 30.9 Å². The molecule has 33 heavy (non-hydrogen) atoms. The van der Waals surface area contributed by atoms with Crippen molar-refractivity contribution in [2.45, 2.75) is 43.3 Å². The third-order valence-corrected chi connectivity index (χ3v) is 7.77. The van der Waals surface area contributed by atoms with Gasteiger partial charge in [-0.15, -0.1) is 0 Å². The fourth-order valence-electron chi connectivity index (χ4n) is 3.82. The van der Waals surface area contributed by atoms with Gasteiger partial charge in [-0.1, -0.05) is 49.0 Å². The summed E-state index contributed by atoms with van der Waals surface area (Å²) in [6.45, 7) is 6.33. The molecule has 0 radical (unpaired) electrons. The zero-order chi connectivity index (χ0) is 24.1. The molecule has 0 aromatic heterocycles. The molecule has 176 valence electrons. The molecule has 2 N–H and O–H groups in total. The van der Waals surface area contributed by atoms with Crippen molar-refractivity contribution in [1.82, 2.24) is 14.5 Å². The van der Waals surface area contributed by atoms with Gasteiger partial charge < -0.3 is 10.4 Å². The molecule has 1 heterocycles. The molecule has 1 fully saturated rings. The molecular weight excluding hydrogens is 442 g/mol. The molecule has 0 saturated carbocycles. The number of benzene rings is 2. The van der Waals surface area contributed by atoms with Crippen LogP contribution in [-0.4, -0.2) is 53.4 Å². The molecule has 1 aliphatic rings. The van der Waals surface area contributed by atoms with Gasteiger partial charge in [-0.05, 0) is 49.1 Å². The van der Waals surface area contributed by atoms with Gasteiger partial charge in [-0.2, -0.15) is 4.31 Å². The lowest BCUT2D eigenvalue weighted by molar-refractivity contribution is -0.118. The number of hydrogen-bond donors (Lipinski definition) is 2. The minimum atomic E-state index is -3.69. The fraction of sp³-hybridized carbons (Fsp3) is 0.333. The topological polar surface area (TPSA) is 107 Å². The highest BCUT2D eigenvalue weighted by atomic mass is 32.2. The molecule has 0 aliphatic carbocycles. The summed E-state index contributed by atoms with van der Waals surface area (Å²) in [6, 6.07) is 15.6. The SMILES string of the molecule is C=CC(=O)NC1(C)CCN(S(=O)(=O)c2ccc(CN(Cc3ccccc3)C(=O)O)cc2)CC1. The maximum Gasteiger partial charge on any atom is 0.407 e. The first-order chi connectivity index (χ1) is 15.6. The molecule has 0 unspecified atom stereocenters. The van der Waals surface area contributed by atoms with E-state index >= 15 is 0 Å². The van der Waals surface area contributed by atoms with Crippen LogP contribution < -0.4 is 5.32 Å². The van der Waals surface area contributed by atoms with Crippen molar-refractivity contribution in [3.05, 3.63) is 78.4 Å². The summed E-state index contributed by atoms with van der Waals surface area (Å²) < 4.78 is 27.6. The standard InChI is InChI=1S/C24H29N3O5S/c1-3-22(28)25-24(2)13-15-27(16-14-24)33(31,32)21-11-9-20(10-12-21)18-26(23(29)30)17-19-7-5-4-6-8-19/h3-12H,1,13-18H2,2H3,(H,25,28)(H,29,30). The van der Waals surface area contributed by atoms with Crippen LogP contribution in [0.25, 0.3) is 0 Å². The van der Waals surface area contributed by atoms with Crippen molar-refractivity contribution in [2.24, 2.45) is 0 Å². The van der Waals surface area contributed by atoms with Gasteiger partial charge in [0, 0.05) is 31.7 Å². The molecule has 0 bridgehead atoms. The molecule has 0 atom stereocenters. The maximum atomic E-state index is 13.1. The Morgan fingerprint density at radius 3 is 2.12 bits per heavy atom. The predicted molar refractivity (Wildman–Crippen MR) is 125 cm³/mol. The van der Waals surface area contributed by atoms with Crippen LogP contribution in [0.5, 0.6) is 0 Å². The van der Waals surface area contributed by atoms with E-state index in [1.807, 2.05) is 37.3 Å². The summed E-state index contributed by atoms with van der Waals surface area (Å²) >= 11 is 0. The molecule has 1 aliphatic heterocycles. The largest absolute Gasteiger partial charge is 0.465 e. The zero-order valence-corrected chi connectivity index (χ0v) is 19.4. The van der Waals surface area contributed by atoms with Crippen LogP contribution >= 0.6 is 0 Å². The molecule has 0 spiro atoms. The number of nitrogens with one attached hydrogen (secondary N) is 1. The van der Waals surface area contributed by atoms with Gasteiger partial charge >= 0.3 is 6.09 Å². The highest BCUT2D eigenvalue weighted by Gasteiger charge is 2.36. The van der Waals surface area contributed by atoms with Crippen LogP contribution in [0.2, 0.25) is 0 Å². The monoisotopic (exact) mass is 471 g/mol. The molecule has 1 saturated heterocycles. The Morgan fingerprint density at radius 1 is 1.06 bits per heavy atom. The number of hydrogen-bond acceptors (Lipinski definition) is 4. The Kier molecular flexibility index (Phi) is 7.55. The average Bonchev–Trinajstić information content (AvgIpc) is 2.79. The maximum absolute atomic E-state index is 13.1. The number of carbonyl (C=O) groups is 2. The first kappa shape index (κ1) is 24.5. The molecular formula is C24H29N3O5S. The number of piperidine rings is 1. The summed E-state index contributed by atoms with van der Waals surface area (Å²) in [7, 11) is -3.69. The molecule has 9 heteroatoms. The highest BCUT2D eigenvalue weighted by Crippen LogP contribution is 2.27. The number of carboxylic acid groups (broad SMARTS) is 1. The van der Waals surface area contributed by atoms with Gasteiger partial charge in [-0.25, -0.2) is 13.2 Å². The second-order valence-corrected chi connectivity index (χ2v) is 10.4. The van der Waals surface area contributed by atoms with Crippen LogP contribution in [0.4, 0.5) is 4.79 Å². The second-order valence-electron chi connectivity index (χ2n) is 8.43. The van der Waals surface area contributed by atoms with E-state index in [0.29, 0.717) is 31.5 Å². The van der Waals surface area contributed by atoms with Crippen LogP contribution in [0.15, 0.2) is 72.1 Å². The predicted octanol–water partition coefficient (Wildman–Crippen LogP) is 3.21. The van der Waals surface area contributed by atoms with E-state index in [1.165, 1.54) is 27.4 Å². The minimum absolute atomic E-state index is 0.148. The third kappa shape index (κ3) is 6.21. The minimum Gasteiger partial charge on any atom is -0.465 e. The number of rotatable bonds is 8. The van der Waals surface area contributed by atoms with Crippen molar-refractivity contribution in [3.8, 4) is 0 Å². The molecule has 8 nitrogen and oxygen atoms in total. The Hall–Kier alpha value is -3.17. The Labute approximate surface area is 194 Å². The van der Waals surface area contributed by atoms with E-state index in [0.717, 1.165) is 5.56 Å². The van der Waals surface area contributed by atoms with Crippen molar-refractivity contribution in [1.29, 1.82) is 0 Å². The van der Waals surface area contributed by atoms with Gasteiger partial charge in [0.1, 0.15) is 0 Å². The van der Waals surface area contributed by atoms with Crippen molar-refractivity contribution >= 4 is 22.0 Å². The lowest BCUT2D eigenvalue weighted by Gasteiger charge is -2.39. The summed E-state index contributed by atoms with van der Waals surface area (Å²) in [4.78, 5) is 24.7. The van der Waals surface area contributed by atoms with Gasteiger partial charge in [-0.3, -0.25) is 9.69 Å². The second kappa shape index (κ2) is 10.2. The average molecular weight is 472 g/mol. The first-order valence-corrected chi connectivity index (χ1v) is 12.1. The van der Waals surface area contributed by atoms with E-state index in [2.05, 4.69) is 11.9 Å². The molecule has 2 aromatic carbocycles. The quantitative estimate of drug-likeness (QED) is 0.575. The van der Waals surface area contributed by atoms with Crippen molar-refractivity contribution < 1.29 is 23.1 Å². The van der Waals surface area contributed by atoms with Gasteiger partial charge in [0.15, 0.2) is 0 Å². The summed E-state index contributed by atoms with van der Waals surface area (Å²) in [6.07, 6.45) is 1.16. The van der Waals surface area contributed by atoms with Gasteiger partial charge in [0.25, 0.3) is 0 Å². The Bertz CT molecular complexity index is 1090. The van der Waals surface area contributed by atoms with Gasteiger partial charge in [0.05, 0.1) is 4.90 Å². The molecule has 2 aromatic rings. The number of amides is 2. The normalized spacial score (nSPS) is 16.0. The van der Waals surface area contributed by atoms with E-state index in [1.54, 1.807) is 12.1 Å². The smallest absolute Gasteiger partial charge is 0.407 e. The zero-order valence-electron chi connectivity index (χ0n) is 18.6. The fourth-order valence-corrected chi connectivity index (χ4v) is 5.27. The summed E-state index contributed by atoms with van der Waals surface area (Å²) in [5.74, 6) is -0.271. The van der Waals surface area contributed by atoms with E-state index in [4.69, 9.17) is 0 Å². The first-order valence-electron chi connectivity index (χ1n) is 10.7. The lowest BCUT2D eigenvalue weighted by atomic mass is 9.90. The van der Waals surface area contributed by atoms with Crippen molar-refractivity contribution in [2.75, 3.05) is 13.1 Å². The van der Waals surface area contributed by atoms with Crippen LogP contribution in [-0.2, 0) is 27.9 Å². The number of nitrogens with zero attached hydrogens (tertiary/aromatic N) is 2. The highest BCUT2D eigenvalue weighted by molar-refractivity contribution is 7.89. The Morgan fingerprint density at radius 2 is 1.61 bits per heavy atom. The Balaban J connectivity index is 1.65. The number of sulfonamides is 1. The number of carbonyl (C=O) groups excluding carboxylic acids is 1.